The molecule has 4 heteroatoms. The molecular formula is C40H27N3O. The van der Waals surface area contributed by atoms with Crippen LogP contribution in [0, 0.1) is 0 Å². The van der Waals surface area contributed by atoms with Gasteiger partial charge in [0.05, 0.1) is 12.4 Å². The van der Waals surface area contributed by atoms with Crippen LogP contribution in [0.3, 0.4) is 0 Å². The van der Waals surface area contributed by atoms with E-state index < -0.39 is 18.1 Å². The van der Waals surface area contributed by atoms with Crippen LogP contribution >= 0.6 is 0 Å². The summed E-state index contributed by atoms with van der Waals surface area (Å²) in [6.45, 7) is 4.40. The topological polar surface area (TPSA) is 51.8 Å². The summed E-state index contributed by atoms with van der Waals surface area (Å²) >= 11 is 0. The van der Waals surface area contributed by atoms with Gasteiger partial charge in [0.25, 0.3) is 0 Å². The van der Waals surface area contributed by atoms with E-state index in [0.717, 1.165) is 43.8 Å². The van der Waals surface area contributed by atoms with Crippen molar-refractivity contribution in [2.75, 3.05) is 0 Å². The Morgan fingerprint density at radius 1 is 0.568 bits per heavy atom. The zero-order valence-electron chi connectivity index (χ0n) is 29.0. The summed E-state index contributed by atoms with van der Waals surface area (Å²) in [6.07, 6.45) is 0. The first kappa shape index (κ1) is 20.3. The largest absolute Gasteiger partial charge is 0.455 e. The summed E-state index contributed by atoms with van der Waals surface area (Å²) in [5, 5.41) is 4.00. The van der Waals surface area contributed by atoms with Crippen LogP contribution in [0.1, 0.15) is 31.8 Å². The molecule has 2 aromatic heterocycles. The van der Waals surface area contributed by atoms with Crippen LogP contribution in [0.2, 0.25) is 0 Å². The summed E-state index contributed by atoms with van der Waals surface area (Å²) in [6, 6.07) is 30.4. The Bertz CT molecular complexity index is 2690. The van der Waals surface area contributed by atoms with Crippen molar-refractivity contribution >= 4 is 32.7 Å². The zero-order chi connectivity index (χ0) is 33.8. The van der Waals surface area contributed by atoms with Crippen molar-refractivity contribution in [2.45, 2.75) is 19.3 Å². The number of para-hydroxylation sites is 1. The van der Waals surface area contributed by atoms with Crippen molar-refractivity contribution < 1.29 is 11.3 Å². The van der Waals surface area contributed by atoms with Gasteiger partial charge in [-0.2, -0.15) is 0 Å². The number of fused-ring (bicyclic) bond motifs is 7. The number of rotatable bonds is 3. The summed E-state index contributed by atoms with van der Waals surface area (Å²) in [4.78, 5) is 14.6. The lowest BCUT2D eigenvalue weighted by Crippen LogP contribution is -2.15. The van der Waals surface area contributed by atoms with Crippen molar-refractivity contribution in [3.63, 3.8) is 0 Å². The Balaban J connectivity index is 1.31. The zero-order valence-corrected chi connectivity index (χ0v) is 24.0. The van der Waals surface area contributed by atoms with Gasteiger partial charge in [0.2, 0.25) is 0 Å². The van der Waals surface area contributed by atoms with Gasteiger partial charge in [0, 0.05) is 27.3 Å². The first-order valence-electron chi connectivity index (χ1n) is 17.0. The molecule has 0 bridgehead atoms. The molecule has 0 saturated heterocycles. The van der Waals surface area contributed by atoms with Crippen LogP contribution in [0.4, 0.5) is 0 Å². The maximum Gasteiger partial charge on any atom is 0.167 e. The fraction of sp³-hybridized carbons (Fsp3) is 0.0750. The second-order valence-electron chi connectivity index (χ2n) is 11.7. The third-order valence-electron chi connectivity index (χ3n) is 8.81. The monoisotopic (exact) mass is 570 g/mol. The van der Waals surface area contributed by atoms with Crippen LogP contribution in [-0.2, 0) is 5.41 Å². The molecule has 1 aliphatic carbocycles. The Morgan fingerprint density at radius 2 is 1.25 bits per heavy atom. The molecule has 0 unspecified atom stereocenters. The van der Waals surface area contributed by atoms with E-state index in [4.69, 9.17) is 26.2 Å². The minimum atomic E-state index is -0.479. The maximum atomic E-state index is 8.73. The average molecular weight is 571 g/mol. The van der Waals surface area contributed by atoms with Gasteiger partial charge in [-0.25, -0.2) is 15.0 Å². The number of hydrogen-bond acceptors (Lipinski definition) is 4. The molecule has 0 spiro atoms. The van der Waals surface area contributed by atoms with Crippen LogP contribution in [0.15, 0.2) is 132 Å². The predicted molar refractivity (Wildman–Crippen MR) is 178 cm³/mol. The normalized spacial score (nSPS) is 15.0. The highest BCUT2D eigenvalue weighted by molar-refractivity contribution is 6.12. The van der Waals surface area contributed by atoms with E-state index in [1.165, 1.54) is 11.1 Å². The van der Waals surface area contributed by atoms with E-state index in [1.54, 1.807) is 0 Å². The number of aromatic nitrogens is 3. The second-order valence-corrected chi connectivity index (χ2v) is 11.7. The molecule has 0 radical (unpaired) electrons. The van der Waals surface area contributed by atoms with Crippen molar-refractivity contribution in [2.24, 2.45) is 0 Å². The fourth-order valence-corrected chi connectivity index (χ4v) is 6.60. The van der Waals surface area contributed by atoms with Crippen LogP contribution < -0.4 is 0 Å². The SMILES string of the molecule is [2H]c1c([2H])c([2H])c(-c2nc(-c3ccc4c(c3)C(C)(C)c3ccccc3-4)nc(-c3cccc4c3oc3cc5ccccc5cc34)n2)c([2H])c1[2H]. The summed E-state index contributed by atoms with van der Waals surface area (Å²) in [5.74, 6) is 0.572. The molecular weight excluding hydrogens is 538 g/mol. The van der Waals surface area contributed by atoms with Crippen molar-refractivity contribution in [1.29, 1.82) is 0 Å². The lowest BCUT2D eigenvalue weighted by Gasteiger charge is -2.21. The fourth-order valence-electron chi connectivity index (χ4n) is 6.60. The van der Waals surface area contributed by atoms with E-state index in [-0.39, 0.29) is 34.7 Å². The molecule has 208 valence electrons. The molecule has 0 aliphatic heterocycles. The first-order chi connectivity index (χ1) is 23.6. The summed E-state index contributed by atoms with van der Waals surface area (Å²) in [5.41, 5.74) is 6.97. The molecule has 44 heavy (non-hydrogen) atoms. The molecule has 0 N–H and O–H groups in total. The first-order valence-corrected chi connectivity index (χ1v) is 14.5. The maximum absolute atomic E-state index is 8.73. The molecule has 6 aromatic carbocycles. The molecule has 4 nitrogen and oxygen atoms in total. The van der Waals surface area contributed by atoms with Gasteiger partial charge in [-0.15, -0.1) is 0 Å². The summed E-state index contributed by atoms with van der Waals surface area (Å²) < 4.78 is 48.8. The lowest BCUT2D eigenvalue weighted by molar-refractivity contribution is 0.660. The third kappa shape index (κ3) is 3.67. The van der Waals surface area contributed by atoms with Crippen LogP contribution in [-0.4, -0.2) is 15.0 Å². The molecule has 1 aliphatic rings. The molecule has 0 saturated carbocycles. The molecule has 0 fully saturated rings. The van der Waals surface area contributed by atoms with Crippen molar-refractivity contribution in [3.8, 4) is 45.3 Å². The molecule has 2 heterocycles. The Labute approximate surface area is 261 Å². The number of nitrogens with zero attached hydrogens (tertiary/aromatic N) is 3. The minimum absolute atomic E-state index is 0.0149. The Morgan fingerprint density at radius 3 is 2.09 bits per heavy atom. The third-order valence-corrected chi connectivity index (χ3v) is 8.81. The van der Waals surface area contributed by atoms with Gasteiger partial charge in [-0.3, -0.25) is 0 Å². The van der Waals surface area contributed by atoms with Gasteiger partial charge >= 0.3 is 0 Å². The van der Waals surface area contributed by atoms with Crippen LogP contribution in [0.25, 0.3) is 78.0 Å². The number of hydrogen-bond donors (Lipinski definition) is 0. The van der Waals surface area contributed by atoms with Gasteiger partial charge in [0.1, 0.15) is 11.2 Å². The van der Waals surface area contributed by atoms with Gasteiger partial charge in [-0.05, 0) is 57.3 Å². The van der Waals surface area contributed by atoms with Crippen molar-refractivity contribution in [1.82, 2.24) is 15.0 Å². The highest BCUT2D eigenvalue weighted by Gasteiger charge is 2.35. The van der Waals surface area contributed by atoms with E-state index in [0.29, 0.717) is 17.0 Å². The number of furan rings is 1. The number of benzene rings is 6. The highest BCUT2D eigenvalue weighted by Crippen LogP contribution is 2.49. The lowest BCUT2D eigenvalue weighted by atomic mass is 9.82. The van der Waals surface area contributed by atoms with Crippen molar-refractivity contribution in [3.05, 3.63) is 138 Å². The highest BCUT2D eigenvalue weighted by atomic mass is 16.3. The minimum Gasteiger partial charge on any atom is -0.455 e. The standard InChI is InChI=1S/C40H27N3O/c1-40(2)33-18-9-8-15-28(33)29-20-19-27(22-34(29)40)38-41-37(24-11-4-3-5-12-24)42-39(43-38)31-17-10-16-30-32-21-25-13-6-7-14-26(25)23-35(32)44-36(30)31/h3-23H,1-2H3/i3D,4D,5D,11D,12D. The quantitative estimate of drug-likeness (QED) is 0.212. The molecule has 0 amide bonds. The average Bonchev–Trinajstić information content (AvgIpc) is 3.60. The molecule has 9 rings (SSSR count). The van der Waals surface area contributed by atoms with E-state index in [9.17, 15) is 0 Å². The van der Waals surface area contributed by atoms with E-state index in [2.05, 4.69) is 56.3 Å². The Hall–Kier alpha value is -5.61. The molecule has 0 atom stereocenters. The second kappa shape index (κ2) is 9.19. The van der Waals surface area contributed by atoms with Crippen LogP contribution in [0.5, 0.6) is 0 Å². The Kier molecular flexibility index (Phi) is 4.25. The van der Waals surface area contributed by atoms with Gasteiger partial charge < -0.3 is 4.42 Å². The molecule has 8 aromatic rings. The van der Waals surface area contributed by atoms with Gasteiger partial charge in [0.15, 0.2) is 17.5 Å². The summed E-state index contributed by atoms with van der Waals surface area (Å²) in [7, 11) is 0. The predicted octanol–water partition coefficient (Wildman–Crippen LogP) is 10.2. The van der Waals surface area contributed by atoms with Gasteiger partial charge in [-0.1, -0.05) is 117 Å². The van der Waals surface area contributed by atoms with E-state index in [1.807, 2.05) is 54.6 Å². The van der Waals surface area contributed by atoms with E-state index >= 15 is 0 Å². The smallest absolute Gasteiger partial charge is 0.167 e.